The molecule has 2 aromatic rings. The van der Waals surface area contributed by atoms with Crippen LogP contribution in [-0.2, 0) is 10.3 Å². The molecule has 7 heteroatoms. The van der Waals surface area contributed by atoms with E-state index in [0.717, 1.165) is 4.42 Å². The molecule has 0 N–H and O–H groups in total. The van der Waals surface area contributed by atoms with Gasteiger partial charge in [-0.05, 0) is 23.3 Å². The normalized spacial score (nSPS) is 21.6. The highest BCUT2D eigenvalue weighted by Crippen LogP contribution is 2.44. The van der Waals surface area contributed by atoms with Crippen molar-refractivity contribution in [2.75, 3.05) is 0 Å². The molecule has 0 bridgehead atoms. The maximum absolute atomic E-state index is 13.2. The number of hydrogen-bond donors (Lipinski definition) is 0. The van der Waals surface area contributed by atoms with Crippen LogP contribution in [0.4, 0.5) is 9.18 Å². The molecule has 0 saturated carbocycles. The number of halogens is 3. The first-order chi connectivity index (χ1) is 10.5. The summed E-state index contributed by atoms with van der Waals surface area (Å²) < 4.78 is 14.4. The van der Waals surface area contributed by atoms with Crippen LogP contribution in [-0.4, -0.2) is 20.8 Å². The van der Waals surface area contributed by atoms with E-state index >= 15 is 0 Å². The standard InChI is InChI=1S/C15H9Cl2FN2O2/c16-19-13(21)15(20(17)14(19)22,10-4-2-1-3-5-10)11-6-8-12(18)9-7-11/h1-9H/t15-/m0/s1. The summed E-state index contributed by atoms with van der Waals surface area (Å²) in [6.45, 7) is 0. The van der Waals surface area contributed by atoms with Crippen molar-refractivity contribution in [1.82, 2.24) is 8.84 Å². The second-order valence-corrected chi connectivity index (χ2v) is 5.41. The number of urea groups is 1. The monoisotopic (exact) mass is 338 g/mol. The minimum absolute atomic E-state index is 0.344. The Morgan fingerprint density at radius 3 is 1.91 bits per heavy atom. The quantitative estimate of drug-likeness (QED) is 0.619. The van der Waals surface area contributed by atoms with Crippen molar-refractivity contribution in [2.24, 2.45) is 0 Å². The topological polar surface area (TPSA) is 40.6 Å². The first-order valence-corrected chi connectivity index (χ1v) is 6.99. The van der Waals surface area contributed by atoms with Crippen molar-refractivity contribution in [3.05, 3.63) is 71.5 Å². The van der Waals surface area contributed by atoms with Gasteiger partial charge in [-0.15, -0.1) is 0 Å². The minimum atomic E-state index is -1.63. The van der Waals surface area contributed by atoms with Crippen molar-refractivity contribution < 1.29 is 14.0 Å². The third-order valence-electron chi connectivity index (χ3n) is 3.57. The number of nitrogens with zero attached hydrogens (tertiary/aromatic N) is 2. The molecule has 3 rings (SSSR count). The van der Waals surface area contributed by atoms with E-state index < -0.39 is 23.3 Å². The van der Waals surface area contributed by atoms with Gasteiger partial charge < -0.3 is 0 Å². The lowest BCUT2D eigenvalue weighted by Gasteiger charge is -2.31. The fourth-order valence-electron chi connectivity index (χ4n) is 2.54. The molecule has 1 saturated heterocycles. The molecule has 0 unspecified atom stereocenters. The lowest BCUT2D eigenvalue weighted by Crippen LogP contribution is -2.43. The van der Waals surface area contributed by atoms with Crippen molar-refractivity contribution in [1.29, 1.82) is 0 Å². The van der Waals surface area contributed by atoms with E-state index in [9.17, 15) is 14.0 Å². The Morgan fingerprint density at radius 2 is 1.41 bits per heavy atom. The van der Waals surface area contributed by atoms with Crippen LogP contribution in [0, 0.1) is 5.82 Å². The summed E-state index contributed by atoms with van der Waals surface area (Å²) in [7, 11) is 0. The number of imide groups is 1. The Kier molecular flexibility index (Phi) is 3.54. The molecule has 0 spiro atoms. The average Bonchev–Trinajstić information content (AvgIpc) is 2.71. The Labute approximate surface area is 135 Å². The Morgan fingerprint density at radius 1 is 0.864 bits per heavy atom. The molecular weight excluding hydrogens is 330 g/mol. The fraction of sp³-hybridized carbons (Fsp3) is 0.0667. The summed E-state index contributed by atoms with van der Waals surface area (Å²) in [6.07, 6.45) is 0. The molecule has 22 heavy (non-hydrogen) atoms. The molecule has 1 aliphatic rings. The SMILES string of the molecule is O=C1N(Cl)C(=O)[C@](c2ccccc2)(c2ccc(F)cc2)N1Cl. The maximum atomic E-state index is 13.2. The van der Waals surface area contributed by atoms with Crippen LogP contribution < -0.4 is 0 Å². The van der Waals surface area contributed by atoms with Crippen molar-refractivity contribution in [3.63, 3.8) is 0 Å². The van der Waals surface area contributed by atoms with Gasteiger partial charge >= 0.3 is 6.03 Å². The molecule has 1 atom stereocenters. The van der Waals surface area contributed by atoms with E-state index in [2.05, 4.69) is 0 Å². The predicted octanol–water partition coefficient (Wildman–Crippen LogP) is 3.64. The predicted molar refractivity (Wildman–Crippen MR) is 79.4 cm³/mol. The molecular formula is C15H9Cl2FN2O2. The molecule has 1 aliphatic heterocycles. The lowest BCUT2D eigenvalue weighted by atomic mass is 9.83. The molecule has 0 aromatic heterocycles. The largest absolute Gasteiger partial charge is 0.358 e. The summed E-state index contributed by atoms with van der Waals surface area (Å²) in [5.74, 6) is -1.18. The molecule has 112 valence electrons. The van der Waals surface area contributed by atoms with E-state index in [0.29, 0.717) is 15.5 Å². The van der Waals surface area contributed by atoms with Crippen LogP contribution in [0.3, 0.4) is 0 Å². The zero-order valence-corrected chi connectivity index (χ0v) is 12.6. The lowest BCUT2D eigenvalue weighted by molar-refractivity contribution is -0.128. The van der Waals surface area contributed by atoms with Gasteiger partial charge in [0.25, 0.3) is 5.91 Å². The van der Waals surface area contributed by atoms with Crippen LogP contribution in [0.1, 0.15) is 11.1 Å². The van der Waals surface area contributed by atoms with E-state index in [-0.39, 0.29) is 0 Å². The van der Waals surface area contributed by atoms with Crippen LogP contribution >= 0.6 is 23.6 Å². The zero-order chi connectivity index (χ0) is 15.9. The number of amides is 3. The fourth-order valence-corrected chi connectivity index (χ4v) is 3.12. The molecule has 1 heterocycles. The Balaban J connectivity index is 2.31. The summed E-state index contributed by atoms with van der Waals surface area (Å²) in [4.78, 5) is 24.7. The molecule has 0 aliphatic carbocycles. The van der Waals surface area contributed by atoms with Crippen molar-refractivity contribution in [3.8, 4) is 0 Å². The smallest absolute Gasteiger partial charge is 0.269 e. The van der Waals surface area contributed by atoms with Gasteiger partial charge in [-0.3, -0.25) is 4.79 Å². The first-order valence-electron chi connectivity index (χ1n) is 6.31. The van der Waals surface area contributed by atoms with Gasteiger partial charge in [-0.25, -0.2) is 13.6 Å². The van der Waals surface area contributed by atoms with Gasteiger partial charge in [0.05, 0.1) is 0 Å². The molecule has 0 radical (unpaired) electrons. The van der Waals surface area contributed by atoms with Gasteiger partial charge in [0.1, 0.15) is 5.82 Å². The Hall–Kier alpha value is -2.11. The Bertz CT molecular complexity index is 739. The molecule has 1 fully saturated rings. The highest BCUT2D eigenvalue weighted by Gasteiger charge is 2.59. The van der Waals surface area contributed by atoms with Gasteiger partial charge in [-0.1, -0.05) is 42.5 Å². The summed E-state index contributed by atoms with van der Waals surface area (Å²) in [5.41, 5.74) is -0.829. The second-order valence-electron chi connectivity index (χ2n) is 4.73. The van der Waals surface area contributed by atoms with E-state index in [1.54, 1.807) is 30.3 Å². The van der Waals surface area contributed by atoms with Gasteiger partial charge in [0.15, 0.2) is 5.54 Å². The van der Waals surface area contributed by atoms with Crippen LogP contribution in [0.2, 0.25) is 0 Å². The van der Waals surface area contributed by atoms with E-state index in [1.807, 2.05) is 0 Å². The van der Waals surface area contributed by atoms with E-state index in [4.69, 9.17) is 23.6 Å². The van der Waals surface area contributed by atoms with Crippen molar-refractivity contribution >= 4 is 35.5 Å². The molecule has 3 amide bonds. The van der Waals surface area contributed by atoms with E-state index in [1.165, 1.54) is 24.3 Å². The number of rotatable bonds is 2. The number of carbonyl (C=O) groups is 2. The van der Waals surface area contributed by atoms with Crippen molar-refractivity contribution in [2.45, 2.75) is 5.54 Å². The average molecular weight is 339 g/mol. The zero-order valence-electron chi connectivity index (χ0n) is 11.0. The summed E-state index contributed by atoms with van der Waals surface area (Å²) in [6, 6.07) is 12.8. The van der Waals surface area contributed by atoms with Gasteiger partial charge in [0, 0.05) is 23.6 Å². The second kappa shape index (κ2) is 5.26. The minimum Gasteiger partial charge on any atom is -0.269 e. The maximum Gasteiger partial charge on any atom is 0.358 e. The number of hydrogen-bond acceptors (Lipinski definition) is 2. The van der Waals surface area contributed by atoms with Crippen LogP contribution in [0.5, 0.6) is 0 Å². The molecule has 4 nitrogen and oxygen atoms in total. The third kappa shape index (κ3) is 1.90. The number of benzene rings is 2. The first kappa shape index (κ1) is 14.8. The van der Waals surface area contributed by atoms with Crippen LogP contribution in [0.25, 0.3) is 0 Å². The molecule has 2 aromatic carbocycles. The van der Waals surface area contributed by atoms with Gasteiger partial charge in [0.2, 0.25) is 0 Å². The number of carbonyl (C=O) groups excluding carboxylic acids is 2. The highest BCUT2D eigenvalue weighted by atomic mass is 35.5. The summed E-state index contributed by atoms with van der Waals surface area (Å²) in [5, 5.41) is 0. The van der Waals surface area contributed by atoms with Crippen LogP contribution in [0.15, 0.2) is 54.6 Å². The summed E-state index contributed by atoms with van der Waals surface area (Å²) >= 11 is 11.9. The highest BCUT2D eigenvalue weighted by molar-refractivity contribution is 6.39. The van der Waals surface area contributed by atoms with Gasteiger partial charge in [-0.2, -0.15) is 4.42 Å². The third-order valence-corrected chi connectivity index (χ3v) is 4.27.